The van der Waals surface area contributed by atoms with E-state index in [2.05, 4.69) is 18.2 Å². The van der Waals surface area contributed by atoms with Crippen molar-refractivity contribution in [2.24, 2.45) is 0 Å². The van der Waals surface area contributed by atoms with Crippen LogP contribution in [0.5, 0.6) is 0 Å². The second-order valence-electron chi connectivity index (χ2n) is 12.2. The van der Waals surface area contributed by atoms with Gasteiger partial charge >= 0.3 is 0 Å². The Morgan fingerprint density at radius 1 is 0.471 bits per heavy atom. The van der Waals surface area contributed by atoms with Crippen molar-refractivity contribution in [2.75, 3.05) is 0 Å². The molecule has 11 rings (SSSR count). The van der Waals surface area contributed by atoms with Crippen LogP contribution in [0.4, 0.5) is 0 Å². The van der Waals surface area contributed by atoms with Gasteiger partial charge in [-0.05, 0) is 30.3 Å². The van der Waals surface area contributed by atoms with Crippen LogP contribution in [0.3, 0.4) is 0 Å². The van der Waals surface area contributed by atoms with Crippen molar-refractivity contribution in [3.63, 3.8) is 0 Å². The predicted molar refractivity (Wildman–Crippen MR) is 215 cm³/mol. The molecule has 0 radical (unpaired) electrons. The van der Waals surface area contributed by atoms with Crippen LogP contribution in [0.1, 0.15) is 8.22 Å². The number of rotatable bonds is 4. The number of nitrogens with zero attached hydrogens (tertiary/aromatic N) is 3. The maximum atomic E-state index is 9.62. The van der Waals surface area contributed by atoms with Gasteiger partial charge in [-0.15, -0.1) is 22.7 Å². The maximum Gasteiger partial charge on any atom is 0.164 e. The molecule has 0 bridgehead atoms. The van der Waals surface area contributed by atoms with Gasteiger partial charge in [-0.25, -0.2) is 15.0 Å². The lowest BCUT2D eigenvalue weighted by Gasteiger charge is -2.09. The molecule has 0 amide bonds. The normalized spacial score (nSPS) is 13.6. The van der Waals surface area contributed by atoms with E-state index in [1.807, 2.05) is 97.1 Å². The van der Waals surface area contributed by atoms with Gasteiger partial charge in [0, 0.05) is 78.9 Å². The van der Waals surface area contributed by atoms with E-state index in [0.717, 1.165) is 45.9 Å². The van der Waals surface area contributed by atoms with E-state index in [-0.39, 0.29) is 69.6 Å². The van der Waals surface area contributed by atoms with Crippen molar-refractivity contribution >= 4 is 85.0 Å². The summed E-state index contributed by atoms with van der Waals surface area (Å²) in [4.78, 5) is 14.7. The summed E-state index contributed by atoms with van der Waals surface area (Å²) in [5, 5.41) is 4.29. The number of thiophene rings is 2. The highest BCUT2D eigenvalue weighted by Gasteiger charge is 2.19. The van der Waals surface area contributed by atoms with Gasteiger partial charge in [-0.1, -0.05) is 121 Å². The van der Waals surface area contributed by atoms with Crippen molar-refractivity contribution in [3.05, 3.63) is 152 Å². The van der Waals surface area contributed by atoms with Gasteiger partial charge in [-0.3, -0.25) is 0 Å². The van der Waals surface area contributed by atoms with Gasteiger partial charge in [0.05, 0.1) is 8.22 Å². The Labute approximate surface area is 308 Å². The third-order valence-electron chi connectivity index (χ3n) is 9.27. The molecule has 7 aromatic carbocycles. The first-order chi connectivity index (χ1) is 27.8. The van der Waals surface area contributed by atoms with E-state index in [0.29, 0.717) is 28.3 Å². The summed E-state index contributed by atoms with van der Waals surface area (Å²) in [7, 11) is 0. The van der Waals surface area contributed by atoms with Crippen LogP contribution in [-0.4, -0.2) is 15.0 Å². The summed E-state index contributed by atoms with van der Waals surface area (Å²) >= 11 is 3.24. The largest absolute Gasteiger partial charge is 0.455 e. The molecule has 6 heteroatoms. The maximum absolute atomic E-state index is 9.62. The Morgan fingerprint density at radius 2 is 1.16 bits per heavy atom. The van der Waals surface area contributed by atoms with Crippen LogP contribution in [0, 0.1) is 0 Å². The molecule has 0 aliphatic rings. The van der Waals surface area contributed by atoms with E-state index in [9.17, 15) is 4.11 Å². The van der Waals surface area contributed by atoms with E-state index < -0.39 is 0 Å². The van der Waals surface area contributed by atoms with E-state index in [1.165, 1.54) is 0 Å². The number of aromatic nitrogens is 3. The molecule has 4 aromatic heterocycles. The van der Waals surface area contributed by atoms with Gasteiger partial charge in [-0.2, -0.15) is 0 Å². The van der Waals surface area contributed by atoms with Gasteiger partial charge in [0.2, 0.25) is 0 Å². The summed E-state index contributed by atoms with van der Waals surface area (Å²) in [5.74, 6) is 0.727. The van der Waals surface area contributed by atoms with Gasteiger partial charge in [0.1, 0.15) is 11.2 Å². The minimum absolute atomic E-state index is 0.0216. The lowest BCUT2D eigenvalue weighted by Crippen LogP contribution is -2.00. The summed E-state index contributed by atoms with van der Waals surface area (Å²) in [6, 6.07) is 35.8. The Bertz CT molecular complexity index is 3510. The lowest BCUT2D eigenvalue weighted by atomic mass is 10.00. The van der Waals surface area contributed by atoms with Crippen molar-refractivity contribution < 1.29 is 12.6 Å². The number of hydrogen-bond acceptors (Lipinski definition) is 6. The molecule has 4 heterocycles. The Kier molecular flexibility index (Phi) is 5.08. The second-order valence-corrected chi connectivity index (χ2v) is 14.4. The molecule has 238 valence electrons. The third kappa shape index (κ3) is 4.47. The molecule has 0 aliphatic heterocycles. The molecular weight excluding hydrogens is 663 g/mol. The Balaban J connectivity index is 1.21. The smallest absolute Gasteiger partial charge is 0.164 e. The van der Waals surface area contributed by atoms with Gasteiger partial charge in [0.25, 0.3) is 0 Å². The highest BCUT2D eigenvalue weighted by molar-refractivity contribution is 7.26. The van der Waals surface area contributed by atoms with Crippen molar-refractivity contribution in [1.29, 1.82) is 0 Å². The zero-order valence-electron chi connectivity index (χ0n) is 32.5. The first kappa shape index (κ1) is 23.2. The zero-order chi connectivity index (χ0) is 38.7. The van der Waals surface area contributed by atoms with Gasteiger partial charge in [0.15, 0.2) is 17.5 Å². The Hall–Kier alpha value is -6.21. The number of fused-ring (bicyclic) bond motifs is 9. The van der Waals surface area contributed by atoms with Crippen LogP contribution in [0.25, 0.3) is 108 Å². The molecule has 4 nitrogen and oxygen atoms in total. The highest BCUT2D eigenvalue weighted by atomic mass is 32.1. The van der Waals surface area contributed by atoms with Crippen LogP contribution in [-0.2, 0) is 0 Å². The molecule has 0 saturated heterocycles. The molecule has 0 atom stereocenters. The number of hydrogen-bond donors (Lipinski definition) is 0. The fourth-order valence-corrected chi connectivity index (χ4v) is 9.30. The fourth-order valence-electron chi connectivity index (χ4n) is 6.95. The van der Waals surface area contributed by atoms with Crippen molar-refractivity contribution in [1.82, 2.24) is 15.0 Å². The molecule has 0 spiro atoms. The number of furan rings is 1. The molecule has 0 aliphatic carbocycles. The summed E-state index contributed by atoms with van der Waals surface area (Å²) in [5.41, 5.74) is 2.50. The Morgan fingerprint density at radius 3 is 2.04 bits per heavy atom. The third-order valence-corrected chi connectivity index (χ3v) is 11.6. The molecule has 0 fully saturated rings. The monoisotopic (exact) mass is 693 g/mol. The topological polar surface area (TPSA) is 51.8 Å². The average molecular weight is 694 g/mol. The lowest BCUT2D eigenvalue weighted by molar-refractivity contribution is 0.670. The number of para-hydroxylation sites is 1. The zero-order valence-corrected chi connectivity index (χ0v) is 28.2. The first-order valence-corrected chi connectivity index (χ1v) is 18.0. The molecule has 0 saturated carbocycles. The SMILES string of the molecule is [2H]c1c([2H])c([2H])c2c(oc3c([2H])c(-c4nc(-c5ccccc5)nc(-c5cccc6sc7ccccc7c56)n4)c([2H])c([2H])c32)c1-c1cccc2c1sc1ccccc12. The van der Waals surface area contributed by atoms with Crippen LogP contribution in [0.2, 0.25) is 0 Å². The minimum Gasteiger partial charge on any atom is -0.455 e. The number of benzene rings is 7. The minimum atomic E-state index is -0.329. The summed E-state index contributed by atoms with van der Waals surface area (Å²) < 4.78 is 66.2. The predicted octanol–water partition coefficient (Wildman–Crippen LogP) is 13.2. The van der Waals surface area contributed by atoms with E-state index >= 15 is 0 Å². The van der Waals surface area contributed by atoms with E-state index in [4.69, 9.17) is 23.5 Å². The van der Waals surface area contributed by atoms with Crippen LogP contribution >= 0.6 is 22.7 Å². The molecular formula is C45H25N3OS2. The quantitative estimate of drug-likeness (QED) is 0.184. The van der Waals surface area contributed by atoms with Crippen molar-refractivity contribution in [2.45, 2.75) is 0 Å². The van der Waals surface area contributed by atoms with Crippen LogP contribution < -0.4 is 0 Å². The summed E-state index contributed by atoms with van der Waals surface area (Å²) in [6.45, 7) is 0. The van der Waals surface area contributed by atoms with Crippen LogP contribution in [0.15, 0.2) is 156 Å². The van der Waals surface area contributed by atoms with Crippen molar-refractivity contribution in [3.8, 4) is 45.3 Å². The fraction of sp³-hybridized carbons (Fsp3) is 0. The second kappa shape index (κ2) is 11.2. The summed E-state index contributed by atoms with van der Waals surface area (Å²) in [6.07, 6.45) is 0. The van der Waals surface area contributed by atoms with E-state index in [1.54, 1.807) is 22.7 Å². The molecule has 0 unspecified atom stereocenters. The molecule has 11 aromatic rings. The highest BCUT2D eigenvalue weighted by Crippen LogP contribution is 2.44. The molecule has 51 heavy (non-hydrogen) atoms. The molecule has 0 N–H and O–H groups in total. The standard InChI is InChI=1S/C45H25N3OS2/c1-2-11-26(12-3-1)43-46-44(48-45(47-43)35-19-10-22-39-40(35)34-14-5-7-21-38(34)50-39)27-23-24-28-30-15-8-16-31(41(30)49-36(28)25-27)33-18-9-17-32-29-13-4-6-20-37(29)51-42(32)33/h1-25H/i8D,15D,16D,23D,24D,25D. The van der Waals surface area contributed by atoms with Gasteiger partial charge < -0.3 is 4.42 Å². The average Bonchev–Trinajstić information content (AvgIpc) is 3.95. The first-order valence-electron chi connectivity index (χ1n) is 19.4.